The molecule has 1 atom stereocenters. The fourth-order valence-electron chi connectivity index (χ4n) is 4.52. The minimum absolute atomic E-state index is 0.00226. The van der Waals surface area contributed by atoms with Gasteiger partial charge < -0.3 is 0 Å². The van der Waals surface area contributed by atoms with E-state index in [0.717, 1.165) is 63.7 Å². The molecule has 1 fully saturated rings. The van der Waals surface area contributed by atoms with Crippen LogP contribution < -0.4 is 0 Å². The lowest BCUT2D eigenvalue weighted by Gasteiger charge is -2.29. The Balaban J connectivity index is 1.61. The normalized spacial score (nSPS) is 18.5. The van der Waals surface area contributed by atoms with E-state index in [-0.39, 0.29) is 18.9 Å². The van der Waals surface area contributed by atoms with Crippen molar-refractivity contribution in [2.75, 3.05) is 26.0 Å². The van der Waals surface area contributed by atoms with Crippen LogP contribution in [0.25, 0.3) is 17.2 Å². The average molecular weight is 469 g/mol. The number of allylic oxidation sites excluding steroid dienone is 2. The number of hydroxylamine groups is 2. The van der Waals surface area contributed by atoms with E-state index in [4.69, 9.17) is 0 Å². The second-order valence-electron chi connectivity index (χ2n) is 8.66. The quantitative estimate of drug-likeness (QED) is 0.482. The molecule has 0 radical (unpaired) electrons. The Kier molecular flexibility index (Phi) is 7.22. The molecular formula is C26H29FN2O3S. The lowest BCUT2D eigenvalue weighted by atomic mass is 10.0. The average Bonchev–Trinajstić information content (AvgIpc) is 3.05. The number of amides is 1. The molecule has 2 aliphatic rings. The van der Waals surface area contributed by atoms with E-state index in [0.29, 0.717) is 5.56 Å². The number of benzene rings is 2. The summed E-state index contributed by atoms with van der Waals surface area (Å²) in [5, 5.41) is 11.2. The van der Waals surface area contributed by atoms with Crippen molar-refractivity contribution in [2.45, 2.75) is 37.5 Å². The Labute approximate surface area is 196 Å². The first-order valence-electron chi connectivity index (χ1n) is 11.2. The molecule has 0 saturated carbocycles. The molecule has 33 heavy (non-hydrogen) atoms. The molecule has 2 aromatic rings. The molecule has 1 amide bonds. The summed E-state index contributed by atoms with van der Waals surface area (Å²) >= 11 is 0. The molecule has 1 aliphatic heterocycles. The number of hydrogen-bond acceptors (Lipinski definition) is 4. The smallest absolute Gasteiger partial charge is 0.251 e. The highest BCUT2D eigenvalue weighted by molar-refractivity contribution is 7.84. The van der Waals surface area contributed by atoms with E-state index in [1.165, 1.54) is 18.6 Å². The van der Waals surface area contributed by atoms with Crippen molar-refractivity contribution >= 4 is 33.9 Å². The Morgan fingerprint density at radius 2 is 1.82 bits per heavy atom. The second kappa shape index (κ2) is 10.1. The van der Waals surface area contributed by atoms with E-state index >= 15 is 0 Å². The minimum atomic E-state index is -1.05. The van der Waals surface area contributed by atoms with Gasteiger partial charge in [0.2, 0.25) is 0 Å². The van der Waals surface area contributed by atoms with Gasteiger partial charge in [0.1, 0.15) is 12.5 Å². The van der Waals surface area contributed by atoms with Gasteiger partial charge in [0.15, 0.2) is 0 Å². The van der Waals surface area contributed by atoms with Gasteiger partial charge in [0.05, 0.1) is 6.42 Å². The molecule has 1 unspecified atom stereocenters. The molecule has 2 aromatic carbocycles. The van der Waals surface area contributed by atoms with Gasteiger partial charge in [-0.2, -0.15) is 0 Å². The molecule has 0 spiro atoms. The van der Waals surface area contributed by atoms with Gasteiger partial charge in [-0.25, -0.2) is 9.45 Å². The number of hydrogen-bond donors (Lipinski definition) is 1. The number of piperidine rings is 1. The molecule has 1 N–H and O–H groups in total. The lowest BCUT2D eigenvalue weighted by Crippen LogP contribution is -2.41. The zero-order valence-electron chi connectivity index (χ0n) is 19.0. The van der Waals surface area contributed by atoms with Crippen molar-refractivity contribution in [3.8, 4) is 0 Å². The fraction of sp³-hybridized carbons (Fsp3) is 0.346. The maximum Gasteiger partial charge on any atom is 0.251 e. The maximum absolute atomic E-state index is 14.1. The summed E-state index contributed by atoms with van der Waals surface area (Å²) in [7, 11) is -1.05. The number of carbonyl (C=O) groups excluding carboxylic acids is 1. The van der Waals surface area contributed by atoms with Gasteiger partial charge >= 0.3 is 0 Å². The Bertz CT molecular complexity index is 1130. The molecule has 7 heteroatoms. The zero-order chi connectivity index (χ0) is 23.5. The molecule has 1 aliphatic carbocycles. The second-order valence-corrected chi connectivity index (χ2v) is 10.0. The largest absolute Gasteiger partial charge is 0.285 e. The van der Waals surface area contributed by atoms with E-state index in [1.54, 1.807) is 12.3 Å². The van der Waals surface area contributed by atoms with Gasteiger partial charge in [0, 0.05) is 22.0 Å². The number of fused-ring (bicyclic) bond motifs is 1. The number of nitrogens with zero attached hydrogens (tertiary/aromatic N) is 2. The molecule has 1 heterocycles. The highest BCUT2D eigenvalue weighted by atomic mass is 32.2. The first-order valence-corrected chi connectivity index (χ1v) is 12.8. The number of likely N-dealkylation sites (tertiary alicyclic amines) is 1. The van der Waals surface area contributed by atoms with Gasteiger partial charge in [-0.1, -0.05) is 24.6 Å². The molecule has 4 rings (SSSR count). The number of rotatable bonds is 6. The predicted molar refractivity (Wildman–Crippen MR) is 129 cm³/mol. The monoisotopic (exact) mass is 468 g/mol. The molecule has 174 valence electrons. The van der Waals surface area contributed by atoms with E-state index < -0.39 is 16.7 Å². The summed E-state index contributed by atoms with van der Waals surface area (Å²) in [5.74, 6) is -0.766. The minimum Gasteiger partial charge on any atom is -0.285 e. The third-order valence-electron chi connectivity index (χ3n) is 6.38. The van der Waals surface area contributed by atoms with E-state index in [1.807, 2.05) is 37.3 Å². The fourth-order valence-corrected chi connectivity index (χ4v) is 5.03. The van der Waals surface area contributed by atoms with Crippen LogP contribution in [0.1, 0.15) is 49.3 Å². The van der Waals surface area contributed by atoms with Crippen molar-refractivity contribution in [3.05, 3.63) is 70.5 Å². The first-order chi connectivity index (χ1) is 15.8. The molecular weight excluding hydrogens is 439 g/mol. The summed E-state index contributed by atoms with van der Waals surface area (Å²) in [4.78, 5) is 15.7. The lowest BCUT2D eigenvalue weighted by molar-refractivity contribution is -0.173. The van der Waals surface area contributed by atoms with E-state index in [2.05, 4.69) is 4.90 Å². The summed E-state index contributed by atoms with van der Waals surface area (Å²) in [6.07, 6.45) is 6.96. The zero-order valence-corrected chi connectivity index (χ0v) is 19.8. The van der Waals surface area contributed by atoms with Gasteiger partial charge in [-0.05, 0) is 96.6 Å². The van der Waals surface area contributed by atoms with Crippen molar-refractivity contribution in [3.63, 3.8) is 0 Å². The molecule has 5 nitrogen and oxygen atoms in total. The van der Waals surface area contributed by atoms with Gasteiger partial charge in [-0.3, -0.25) is 19.1 Å². The van der Waals surface area contributed by atoms with Crippen molar-refractivity contribution in [2.24, 2.45) is 0 Å². The Morgan fingerprint density at radius 3 is 2.48 bits per heavy atom. The van der Waals surface area contributed by atoms with Crippen LogP contribution in [0.2, 0.25) is 0 Å². The Morgan fingerprint density at radius 1 is 1.12 bits per heavy atom. The maximum atomic E-state index is 14.1. The summed E-state index contributed by atoms with van der Waals surface area (Å²) in [5.41, 5.74) is 5.00. The van der Waals surface area contributed by atoms with Gasteiger partial charge in [-0.15, -0.1) is 0 Å². The van der Waals surface area contributed by atoms with Crippen LogP contribution in [0.5, 0.6) is 0 Å². The number of halogens is 1. The van der Waals surface area contributed by atoms with E-state index in [9.17, 15) is 18.6 Å². The predicted octanol–water partition coefficient (Wildman–Crippen LogP) is 4.94. The number of carbonyl (C=O) groups is 1. The highest BCUT2D eigenvalue weighted by Gasteiger charge is 2.27. The summed E-state index contributed by atoms with van der Waals surface area (Å²) < 4.78 is 25.8. The molecule has 1 saturated heterocycles. The first kappa shape index (κ1) is 23.5. The van der Waals surface area contributed by atoms with Crippen LogP contribution in [0, 0.1) is 5.82 Å². The third-order valence-corrected chi connectivity index (χ3v) is 7.31. The van der Waals surface area contributed by atoms with Crippen molar-refractivity contribution < 1.29 is 18.6 Å². The van der Waals surface area contributed by atoms with Crippen LogP contribution in [-0.2, 0) is 15.6 Å². The summed E-state index contributed by atoms with van der Waals surface area (Å²) in [6.45, 7) is 3.86. The molecule has 0 aromatic heterocycles. The highest BCUT2D eigenvalue weighted by Crippen LogP contribution is 2.44. The van der Waals surface area contributed by atoms with Gasteiger partial charge in [0.25, 0.3) is 5.91 Å². The van der Waals surface area contributed by atoms with Crippen molar-refractivity contribution in [1.29, 1.82) is 0 Å². The van der Waals surface area contributed by atoms with Crippen LogP contribution in [0.15, 0.2) is 52.9 Å². The standard InChI is InChI=1S/C26H29FN2O3S/c1-18-23(14-19-6-9-21(10-7-19)33(2)32)22-11-8-20(27)15-25(22)24(18)16-26(30)29(31)17-28-12-4-3-5-13-28/h6-11,14-15,31H,3-5,12-13,16-17H2,1-2H3. The topological polar surface area (TPSA) is 60.9 Å². The van der Waals surface area contributed by atoms with Crippen LogP contribution >= 0.6 is 0 Å². The third kappa shape index (κ3) is 5.32. The SMILES string of the molecule is CC1=C(CC(=O)N(O)CN2CCCCC2)c2cc(F)ccc2C1=Cc1ccc(S(C)=O)cc1. The van der Waals surface area contributed by atoms with Crippen molar-refractivity contribution in [1.82, 2.24) is 9.96 Å². The van der Waals surface area contributed by atoms with Crippen LogP contribution in [-0.4, -0.2) is 51.3 Å². The van der Waals surface area contributed by atoms with Crippen LogP contribution in [0.4, 0.5) is 4.39 Å². The molecule has 0 bridgehead atoms. The summed E-state index contributed by atoms with van der Waals surface area (Å²) in [6, 6.07) is 12.1. The van der Waals surface area contributed by atoms with Crippen LogP contribution in [0.3, 0.4) is 0 Å². The Hall–Kier alpha value is -2.61.